The van der Waals surface area contributed by atoms with Crippen LogP contribution in [0, 0.1) is 5.92 Å². The zero-order chi connectivity index (χ0) is 22.1. The van der Waals surface area contributed by atoms with E-state index in [1.807, 2.05) is 54.0 Å². The Morgan fingerprint density at radius 1 is 1.00 bits per heavy atom. The number of allylic oxidation sites excluding steroid dienone is 3. The molecule has 2 aromatic carbocycles. The molecule has 0 radical (unpaired) electrons. The number of aliphatic carboxylic acids is 1. The third kappa shape index (κ3) is 3.86. The Morgan fingerprint density at radius 3 is 2.34 bits per heavy atom. The first kappa shape index (κ1) is 20.6. The average Bonchev–Trinajstić information content (AvgIpc) is 3.36. The number of fused-ring (bicyclic) bond motifs is 4. The van der Waals surface area contributed by atoms with Crippen LogP contribution in [0.15, 0.2) is 83.8 Å². The Balaban J connectivity index is 1.24. The molecule has 0 bridgehead atoms. The smallest absolute Gasteiger partial charge is 0.407 e. The second-order valence-electron chi connectivity index (χ2n) is 8.15. The molecule has 6 heteroatoms. The minimum atomic E-state index is -1.07. The van der Waals surface area contributed by atoms with Gasteiger partial charge in [-0.2, -0.15) is 0 Å². The van der Waals surface area contributed by atoms with Crippen molar-refractivity contribution in [2.45, 2.75) is 23.6 Å². The Labute approximate surface area is 190 Å². The largest absolute Gasteiger partial charge is 0.480 e. The van der Waals surface area contributed by atoms with Crippen LogP contribution >= 0.6 is 11.8 Å². The number of carbonyl (C=O) groups excluding carboxylic acids is 1. The molecule has 2 aromatic rings. The predicted octanol–water partition coefficient (Wildman–Crippen LogP) is 5.11. The van der Waals surface area contributed by atoms with Gasteiger partial charge in [-0.05, 0) is 27.7 Å². The van der Waals surface area contributed by atoms with Crippen LogP contribution in [0.1, 0.15) is 23.5 Å². The molecule has 32 heavy (non-hydrogen) atoms. The van der Waals surface area contributed by atoms with E-state index >= 15 is 0 Å². The average molecular weight is 446 g/mol. The molecule has 0 saturated heterocycles. The molecule has 1 aliphatic heterocycles. The van der Waals surface area contributed by atoms with E-state index in [1.165, 1.54) is 0 Å². The molecular formula is C26H23NO4S. The first-order valence-electron chi connectivity index (χ1n) is 10.7. The Hall–Kier alpha value is -3.25. The number of carboxylic acid groups (broad SMARTS) is 1. The highest BCUT2D eigenvalue weighted by molar-refractivity contribution is 8.03. The highest BCUT2D eigenvalue weighted by atomic mass is 32.2. The summed E-state index contributed by atoms with van der Waals surface area (Å²) in [6.45, 7) is 0.156. The minimum Gasteiger partial charge on any atom is -0.480 e. The molecule has 0 spiro atoms. The summed E-state index contributed by atoms with van der Waals surface area (Å²) in [5, 5.41) is 14.6. The highest BCUT2D eigenvalue weighted by Crippen LogP contribution is 2.44. The third-order valence-corrected chi connectivity index (χ3v) is 7.47. The van der Waals surface area contributed by atoms with Gasteiger partial charge in [-0.25, -0.2) is 9.59 Å². The van der Waals surface area contributed by atoms with Crippen molar-refractivity contribution in [2.24, 2.45) is 5.92 Å². The van der Waals surface area contributed by atoms with E-state index in [2.05, 4.69) is 29.6 Å². The van der Waals surface area contributed by atoms with Gasteiger partial charge in [0.1, 0.15) is 12.6 Å². The van der Waals surface area contributed by atoms with Gasteiger partial charge in [0.25, 0.3) is 0 Å². The van der Waals surface area contributed by atoms with Crippen LogP contribution < -0.4 is 5.32 Å². The van der Waals surface area contributed by atoms with Crippen LogP contribution in [0.5, 0.6) is 0 Å². The monoisotopic (exact) mass is 445 g/mol. The number of hydrogen-bond donors (Lipinski definition) is 2. The molecule has 0 saturated carbocycles. The molecule has 1 heterocycles. The first-order valence-corrected chi connectivity index (χ1v) is 11.6. The number of amides is 1. The topological polar surface area (TPSA) is 75.6 Å². The maximum Gasteiger partial charge on any atom is 0.407 e. The number of carboxylic acids is 1. The lowest BCUT2D eigenvalue weighted by Gasteiger charge is -2.21. The quantitative estimate of drug-likeness (QED) is 0.646. The summed E-state index contributed by atoms with van der Waals surface area (Å²) in [4.78, 5) is 24.4. The summed E-state index contributed by atoms with van der Waals surface area (Å²) in [7, 11) is 0. The number of nitrogens with one attached hydrogen (secondary N) is 1. The summed E-state index contributed by atoms with van der Waals surface area (Å²) in [6.07, 6.45) is 7.74. The van der Waals surface area contributed by atoms with E-state index in [1.54, 1.807) is 11.8 Å². The van der Waals surface area contributed by atoms with Gasteiger partial charge in [0.2, 0.25) is 0 Å². The molecule has 3 atom stereocenters. The fraction of sp³-hybridized carbons (Fsp3) is 0.231. The van der Waals surface area contributed by atoms with Gasteiger partial charge in [0, 0.05) is 23.5 Å². The molecule has 162 valence electrons. The standard InChI is InChI=1S/C26H23NO4S/c28-25(29)23(13-16-15-32-24-12-6-5-7-17(16)24)27-26(30)31-14-22-20-10-3-1-8-18(20)19-9-2-4-11-21(19)22/h1-12,15,17,22-24H,13-14H2,(H,27,30)(H,28,29)/t17-,23-,24+/m0/s1. The van der Waals surface area contributed by atoms with E-state index in [0.717, 1.165) is 27.8 Å². The van der Waals surface area contributed by atoms with Crippen LogP contribution in [-0.2, 0) is 9.53 Å². The molecule has 2 aliphatic carbocycles. The molecule has 2 N–H and O–H groups in total. The Kier molecular flexibility index (Phi) is 5.62. The number of ether oxygens (including phenoxy) is 1. The SMILES string of the molecule is O=C(N[C@@H](CC1=CS[C@@H]2C=CC=C[C@@H]12)C(=O)O)OCC1c2ccccc2-c2ccccc21. The number of hydrogen-bond acceptors (Lipinski definition) is 4. The van der Waals surface area contributed by atoms with Crippen LogP contribution in [0.2, 0.25) is 0 Å². The fourth-order valence-corrected chi connectivity index (χ4v) is 5.90. The molecule has 0 fully saturated rings. The van der Waals surface area contributed by atoms with Crippen LogP contribution in [-0.4, -0.2) is 35.1 Å². The van der Waals surface area contributed by atoms with Gasteiger partial charge in [0.15, 0.2) is 0 Å². The number of rotatable bonds is 6. The number of benzene rings is 2. The number of alkyl carbamates (subject to hydrolysis) is 1. The maximum atomic E-state index is 12.5. The molecule has 3 aliphatic rings. The lowest BCUT2D eigenvalue weighted by molar-refractivity contribution is -0.139. The predicted molar refractivity (Wildman–Crippen MR) is 125 cm³/mol. The zero-order valence-electron chi connectivity index (χ0n) is 17.3. The summed E-state index contributed by atoms with van der Waals surface area (Å²) in [5.74, 6) is -0.954. The molecule has 5 nitrogen and oxygen atoms in total. The van der Waals surface area contributed by atoms with Crippen molar-refractivity contribution in [3.05, 3.63) is 94.9 Å². The lowest BCUT2D eigenvalue weighted by Crippen LogP contribution is -2.42. The van der Waals surface area contributed by atoms with E-state index in [-0.39, 0.29) is 24.9 Å². The van der Waals surface area contributed by atoms with Gasteiger partial charge >= 0.3 is 12.1 Å². The highest BCUT2D eigenvalue weighted by Gasteiger charge is 2.33. The van der Waals surface area contributed by atoms with Crippen molar-refractivity contribution < 1.29 is 19.4 Å². The summed E-state index contributed by atoms with van der Waals surface area (Å²) < 4.78 is 5.53. The molecule has 0 unspecified atom stereocenters. The van der Waals surface area contributed by atoms with E-state index in [9.17, 15) is 14.7 Å². The minimum absolute atomic E-state index is 0.0645. The van der Waals surface area contributed by atoms with Crippen LogP contribution in [0.4, 0.5) is 4.79 Å². The van der Waals surface area contributed by atoms with Crippen LogP contribution in [0.3, 0.4) is 0 Å². The Bertz CT molecular complexity index is 1110. The number of carbonyl (C=O) groups is 2. The van der Waals surface area contributed by atoms with E-state index in [0.29, 0.717) is 5.25 Å². The maximum absolute atomic E-state index is 12.5. The van der Waals surface area contributed by atoms with E-state index < -0.39 is 18.1 Å². The van der Waals surface area contributed by atoms with Crippen molar-refractivity contribution in [1.29, 1.82) is 0 Å². The normalized spacial score (nSPS) is 21.3. The Morgan fingerprint density at radius 2 is 1.66 bits per heavy atom. The van der Waals surface area contributed by atoms with Gasteiger partial charge < -0.3 is 15.2 Å². The van der Waals surface area contributed by atoms with Gasteiger partial charge in [-0.1, -0.05) is 78.4 Å². The van der Waals surface area contributed by atoms with Crippen molar-refractivity contribution in [2.75, 3.05) is 6.61 Å². The van der Waals surface area contributed by atoms with Crippen LogP contribution in [0.25, 0.3) is 11.1 Å². The first-order chi connectivity index (χ1) is 15.6. The van der Waals surface area contributed by atoms with Crippen molar-refractivity contribution in [3.8, 4) is 11.1 Å². The third-order valence-electron chi connectivity index (χ3n) is 6.26. The summed E-state index contributed by atoms with van der Waals surface area (Å²) in [5.41, 5.74) is 5.55. The van der Waals surface area contributed by atoms with Crippen molar-refractivity contribution in [3.63, 3.8) is 0 Å². The van der Waals surface area contributed by atoms with Crippen molar-refractivity contribution in [1.82, 2.24) is 5.32 Å². The second kappa shape index (κ2) is 8.71. The summed E-state index contributed by atoms with van der Waals surface area (Å²) >= 11 is 1.68. The zero-order valence-corrected chi connectivity index (χ0v) is 18.1. The van der Waals surface area contributed by atoms with Gasteiger partial charge in [0.05, 0.1) is 0 Å². The van der Waals surface area contributed by atoms with E-state index in [4.69, 9.17) is 4.74 Å². The van der Waals surface area contributed by atoms with Gasteiger partial charge in [-0.3, -0.25) is 0 Å². The molecule has 1 amide bonds. The number of thioether (sulfide) groups is 1. The lowest BCUT2D eigenvalue weighted by atomic mass is 9.89. The fourth-order valence-electron chi connectivity index (χ4n) is 4.70. The molecular weight excluding hydrogens is 422 g/mol. The second-order valence-corrected chi connectivity index (χ2v) is 9.21. The summed E-state index contributed by atoms with van der Waals surface area (Å²) in [6, 6.07) is 15.2. The molecule has 5 rings (SSSR count). The molecule has 0 aromatic heterocycles. The van der Waals surface area contributed by atoms with Crippen molar-refractivity contribution >= 4 is 23.8 Å². The van der Waals surface area contributed by atoms with Gasteiger partial charge in [-0.15, -0.1) is 11.8 Å².